The van der Waals surface area contributed by atoms with Crippen LogP contribution < -0.4 is 0 Å². The number of aryl methyl sites for hydroxylation is 1. The van der Waals surface area contributed by atoms with Crippen LogP contribution in [-0.4, -0.2) is 21.2 Å². The number of hydrogen-bond donors (Lipinski definition) is 0. The van der Waals surface area contributed by atoms with E-state index in [1.807, 2.05) is 43.5 Å². The van der Waals surface area contributed by atoms with Crippen LogP contribution in [0.3, 0.4) is 0 Å². The molecule has 0 unspecified atom stereocenters. The van der Waals surface area contributed by atoms with Crippen molar-refractivity contribution in [3.05, 3.63) is 210 Å². The van der Waals surface area contributed by atoms with Gasteiger partial charge in [0.1, 0.15) is 0 Å². The molecule has 2 aliphatic rings. The molecular formula is C56H46N4. The van der Waals surface area contributed by atoms with E-state index in [1.165, 1.54) is 22.3 Å². The van der Waals surface area contributed by atoms with Crippen molar-refractivity contribution in [3.8, 4) is 33.5 Å². The standard InChI is InChI=1S/C56H46N4/c1-4-14-42(19-12-21-50-27-22-38(3)55(58-50)56-39(5-2)20-13-32-57-56)51-30-25-45-33-43(23-28-52(45)59-51)44-24-29-53-46(34-44)26-31-54(60-53)49-36-47(40-15-8-6-9-16-40)35-48(37-49)41-17-10-7-11-18-41/h4-6,8-10,12,14-19,21-37H,2,7,11,13,20H2,1,3H3/b14-4-,21-12+,42-19+. The van der Waals surface area contributed by atoms with Gasteiger partial charge in [-0.05, 0) is 156 Å². The quantitative estimate of drug-likeness (QED) is 0.130. The molecule has 0 fully saturated rings. The minimum atomic E-state index is 0.875. The Balaban J connectivity index is 0.969. The minimum absolute atomic E-state index is 0.875. The molecule has 0 amide bonds. The highest BCUT2D eigenvalue weighted by Crippen LogP contribution is 2.34. The molecule has 4 heteroatoms. The van der Waals surface area contributed by atoms with E-state index in [9.17, 15) is 0 Å². The molecule has 0 spiro atoms. The number of fused-ring (bicyclic) bond motifs is 2. The molecule has 1 aliphatic heterocycles. The van der Waals surface area contributed by atoms with Crippen molar-refractivity contribution in [1.82, 2.24) is 15.0 Å². The molecule has 0 saturated heterocycles. The van der Waals surface area contributed by atoms with Gasteiger partial charge in [-0.2, -0.15) is 0 Å². The van der Waals surface area contributed by atoms with Crippen LogP contribution in [0.15, 0.2) is 187 Å². The van der Waals surface area contributed by atoms with Gasteiger partial charge in [-0.3, -0.25) is 4.99 Å². The summed E-state index contributed by atoms with van der Waals surface area (Å²) in [6.07, 6.45) is 25.1. The highest BCUT2D eigenvalue weighted by Gasteiger charge is 2.15. The Morgan fingerprint density at radius 2 is 1.43 bits per heavy atom. The summed E-state index contributed by atoms with van der Waals surface area (Å²) < 4.78 is 0. The zero-order valence-electron chi connectivity index (χ0n) is 34.1. The van der Waals surface area contributed by atoms with Crippen LogP contribution in [-0.2, 0) is 0 Å². The molecule has 3 aromatic heterocycles. The lowest BCUT2D eigenvalue weighted by atomic mass is 9.92. The molecule has 7 aromatic rings. The SMILES string of the molecule is C=CC1=C(c2nc(/C=C/C=C(\C=C/C)c3ccc4cc(-c5ccc6nc(-c7cc(C8=CCCC=C8)cc(-c8ccccc8)c7)ccc6c5)ccc4n3)ccc2C)N=CCC1. The van der Waals surface area contributed by atoms with Crippen LogP contribution >= 0.6 is 0 Å². The summed E-state index contributed by atoms with van der Waals surface area (Å²) in [4.78, 5) is 19.9. The molecule has 0 atom stereocenters. The monoisotopic (exact) mass is 774 g/mol. The molecular weight excluding hydrogens is 729 g/mol. The van der Waals surface area contributed by atoms with Crippen LogP contribution in [0.2, 0.25) is 0 Å². The van der Waals surface area contributed by atoms with Crippen molar-refractivity contribution in [2.24, 2.45) is 4.99 Å². The van der Waals surface area contributed by atoms with E-state index in [2.05, 4.69) is 164 Å². The molecule has 0 saturated carbocycles. The van der Waals surface area contributed by atoms with Crippen molar-refractivity contribution >= 4 is 50.9 Å². The van der Waals surface area contributed by atoms with Gasteiger partial charge in [0, 0.05) is 22.6 Å². The highest BCUT2D eigenvalue weighted by molar-refractivity contribution is 5.91. The topological polar surface area (TPSA) is 51.0 Å². The summed E-state index contributed by atoms with van der Waals surface area (Å²) in [5, 5.41) is 2.20. The minimum Gasteiger partial charge on any atom is -0.259 e. The first-order valence-corrected chi connectivity index (χ1v) is 20.8. The molecule has 4 aromatic carbocycles. The molecule has 4 heterocycles. The maximum Gasteiger partial charge on any atom is 0.0925 e. The molecule has 0 N–H and O–H groups in total. The first kappa shape index (κ1) is 38.2. The van der Waals surface area contributed by atoms with Crippen molar-refractivity contribution in [2.75, 3.05) is 0 Å². The van der Waals surface area contributed by atoms with E-state index in [0.29, 0.717) is 0 Å². The number of nitrogens with zero attached hydrogens (tertiary/aromatic N) is 4. The second-order valence-corrected chi connectivity index (χ2v) is 15.3. The average molecular weight is 775 g/mol. The second-order valence-electron chi connectivity index (χ2n) is 15.3. The van der Waals surface area contributed by atoms with Gasteiger partial charge in [-0.1, -0.05) is 116 Å². The van der Waals surface area contributed by atoms with E-state index in [0.717, 1.165) is 109 Å². The number of benzene rings is 4. The fourth-order valence-electron chi connectivity index (χ4n) is 8.02. The summed E-state index contributed by atoms with van der Waals surface area (Å²) in [5.74, 6) is 0. The maximum atomic E-state index is 5.19. The molecule has 60 heavy (non-hydrogen) atoms. The molecule has 290 valence electrons. The Hall–Kier alpha value is -7.30. The van der Waals surface area contributed by atoms with Crippen molar-refractivity contribution in [1.29, 1.82) is 0 Å². The zero-order chi connectivity index (χ0) is 40.8. The molecule has 9 rings (SSSR count). The Kier molecular flexibility index (Phi) is 11.0. The third kappa shape index (κ3) is 8.18. The predicted octanol–water partition coefficient (Wildman–Crippen LogP) is 14.7. The Bertz CT molecular complexity index is 3010. The normalized spacial score (nSPS) is 14.5. The largest absolute Gasteiger partial charge is 0.259 e. The average Bonchev–Trinajstić information content (AvgIpc) is 3.31. The van der Waals surface area contributed by atoms with Crippen LogP contribution in [0.1, 0.15) is 60.8 Å². The Morgan fingerprint density at radius 1 is 0.667 bits per heavy atom. The Morgan fingerprint density at radius 3 is 2.20 bits per heavy atom. The molecule has 1 aliphatic carbocycles. The van der Waals surface area contributed by atoms with Gasteiger partial charge in [0.2, 0.25) is 0 Å². The first-order chi connectivity index (χ1) is 29.5. The van der Waals surface area contributed by atoms with Crippen molar-refractivity contribution in [2.45, 2.75) is 39.5 Å². The smallest absolute Gasteiger partial charge is 0.0925 e. The zero-order valence-corrected chi connectivity index (χ0v) is 34.1. The number of aromatic nitrogens is 3. The van der Waals surface area contributed by atoms with Gasteiger partial charge < -0.3 is 0 Å². The summed E-state index contributed by atoms with van der Waals surface area (Å²) in [7, 11) is 0. The second kappa shape index (κ2) is 17.3. The summed E-state index contributed by atoms with van der Waals surface area (Å²) in [5.41, 5.74) is 18.1. The lowest BCUT2D eigenvalue weighted by molar-refractivity contribution is 1.03. The van der Waals surface area contributed by atoms with E-state index >= 15 is 0 Å². The number of aliphatic imine (C=N–C) groups is 1. The van der Waals surface area contributed by atoms with E-state index in [1.54, 1.807) is 0 Å². The van der Waals surface area contributed by atoms with Crippen molar-refractivity contribution in [3.63, 3.8) is 0 Å². The van der Waals surface area contributed by atoms with Crippen LogP contribution in [0.25, 0.3) is 78.2 Å². The fraction of sp³-hybridized carbons (Fsp3) is 0.107. The van der Waals surface area contributed by atoms with Gasteiger partial charge in [0.05, 0.1) is 39.5 Å². The summed E-state index contributed by atoms with van der Waals surface area (Å²) >= 11 is 0. The van der Waals surface area contributed by atoms with E-state index in [4.69, 9.17) is 15.0 Å². The van der Waals surface area contributed by atoms with Gasteiger partial charge in [0.25, 0.3) is 0 Å². The molecule has 0 radical (unpaired) electrons. The van der Waals surface area contributed by atoms with Gasteiger partial charge in [0.15, 0.2) is 0 Å². The van der Waals surface area contributed by atoms with Gasteiger partial charge in [-0.25, -0.2) is 15.0 Å². The fourth-order valence-corrected chi connectivity index (χ4v) is 8.02. The number of hydrogen-bond acceptors (Lipinski definition) is 4. The lowest BCUT2D eigenvalue weighted by Crippen LogP contribution is -2.01. The van der Waals surface area contributed by atoms with Gasteiger partial charge in [-0.15, -0.1) is 0 Å². The number of pyridine rings is 3. The summed E-state index contributed by atoms with van der Waals surface area (Å²) in [6.45, 7) is 8.12. The Labute approximate surface area is 352 Å². The van der Waals surface area contributed by atoms with Crippen LogP contribution in [0.5, 0.6) is 0 Å². The number of rotatable bonds is 10. The van der Waals surface area contributed by atoms with E-state index in [-0.39, 0.29) is 0 Å². The van der Waals surface area contributed by atoms with Gasteiger partial charge >= 0.3 is 0 Å². The lowest BCUT2D eigenvalue weighted by Gasteiger charge is -2.14. The number of allylic oxidation sites excluding steroid dienone is 11. The summed E-state index contributed by atoms with van der Waals surface area (Å²) in [6, 6.07) is 43.3. The van der Waals surface area contributed by atoms with Crippen molar-refractivity contribution < 1.29 is 0 Å². The van der Waals surface area contributed by atoms with Crippen LogP contribution in [0.4, 0.5) is 0 Å². The molecule has 0 bridgehead atoms. The molecule has 4 nitrogen and oxygen atoms in total. The third-order valence-electron chi connectivity index (χ3n) is 11.2. The highest BCUT2D eigenvalue weighted by atomic mass is 14.8. The predicted molar refractivity (Wildman–Crippen MR) is 255 cm³/mol. The maximum absolute atomic E-state index is 5.19. The van der Waals surface area contributed by atoms with E-state index < -0.39 is 0 Å². The third-order valence-corrected chi connectivity index (χ3v) is 11.2. The first-order valence-electron chi connectivity index (χ1n) is 20.8. The van der Waals surface area contributed by atoms with Crippen LogP contribution in [0, 0.1) is 6.92 Å².